The SMILES string of the molecule is c1nnc(-c2c[nH]c(C3CC3)n2)o1. The Morgan fingerprint density at radius 2 is 2.38 bits per heavy atom. The number of nitrogens with one attached hydrogen (secondary N) is 1. The van der Waals surface area contributed by atoms with Crippen LogP contribution in [0.15, 0.2) is 17.0 Å². The second-order valence-corrected chi connectivity index (χ2v) is 3.19. The van der Waals surface area contributed by atoms with Gasteiger partial charge >= 0.3 is 0 Å². The molecule has 0 unspecified atom stereocenters. The van der Waals surface area contributed by atoms with Crippen LogP contribution in [0.4, 0.5) is 0 Å². The van der Waals surface area contributed by atoms with Gasteiger partial charge in [0.25, 0.3) is 5.89 Å². The molecule has 1 N–H and O–H groups in total. The maximum atomic E-state index is 5.03. The lowest BCUT2D eigenvalue weighted by Gasteiger charge is -1.85. The molecule has 0 amide bonds. The molecule has 1 aliphatic rings. The van der Waals surface area contributed by atoms with Crippen LogP contribution in [0.5, 0.6) is 0 Å². The molecule has 2 aromatic heterocycles. The van der Waals surface area contributed by atoms with Gasteiger partial charge in [-0.15, -0.1) is 10.2 Å². The van der Waals surface area contributed by atoms with E-state index in [-0.39, 0.29) is 0 Å². The number of rotatable bonds is 2. The summed E-state index contributed by atoms with van der Waals surface area (Å²) in [7, 11) is 0. The Labute approximate surface area is 74.2 Å². The van der Waals surface area contributed by atoms with Crippen LogP contribution in [-0.2, 0) is 0 Å². The zero-order chi connectivity index (χ0) is 8.67. The number of nitrogens with zero attached hydrogens (tertiary/aromatic N) is 3. The molecule has 0 atom stereocenters. The van der Waals surface area contributed by atoms with Crippen molar-refractivity contribution in [1.29, 1.82) is 0 Å². The van der Waals surface area contributed by atoms with Crippen molar-refractivity contribution in [2.24, 2.45) is 0 Å². The fraction of sp³-hybridized carbons (Fsp3) is 0.375. The second kappa shape index (κ2) is 2.42. The summed E-state index contributed by atoms with van der Waals surface area (Å²) < 4.78 is 5.03. The minimum atomic E-state index is 0.475. The number of aromatic nitrogens is 4. The zero-order valence-corrected chi connectivity index (χ0v) is 6.90. The number of aromatic amines is 1. The number of imidazole rings is 1. The Hall–Kier alpha value is -1.65. The van der Waals surface area contributed by atoms with Crippen LogP contribution in [0.3, 0.4) is 0 Å². The highest BCUT2D eigenvalue weighted by molar-refractivity contribution is 5.44. The van der Waals surface area contributed by atoms with Gasteiger partial charge in [0, 0.05) is 12.1 Å². The van der Waals surface area contributed by atoms with Crippen molar-refractivity contribution in [2.75, 3.05) is 0 Å². The summed E-state index contributed by atoms with van der Waals surface area (Å²) in [6.07, 6.45) is 5.58. The van der Waals surface area contributed by atoms with Crippen LogP contribution < -0.4 is 0 Å². The van der Waals surface area contributed by atoms with Crippen LogP contribution in [0, 0.1) is 0 Å². The first-order valence-corrected chi connectivity index (χ1v) is 4.25. The first-order valence-electron chi connectivity index (χ1n) is 4.25. The molecule has 1 saturated carbocycles. The van der Waals surface area contributed by atoms with Crippen molar-refractivity contribution in [1.82, 2.24) is 20.2 Å². The van der Waals surface area contributed by atoms with Crippen molar-refractivity contribution in [3.63, 3.8) is 0 Å². The van der Waals surface area contributed by atoms with Gasteiger partial charge in [-0.1, -0.05) is 0 Å². The molecule has 5 nitrogen and oxygen atoms in total. The van der Waals surface area contributed by atoms with Crippen LogP contribution in [0.1, 0.15) is 24.6 Å². The van der Waals surface area contributed by atoms with Crippen molar-refractivity contribution in [2.45, 2.75) is 18.8 Å². The highest BCUT2D eigenvalue weighted by atomic mass is 16.4. The van der Waals surface area contributed by atoms with Crippen molar-refractivity contribution in [3.8, 4) is 11.6 Å². The minimum Gasteiger partial charge on any atom is -0.422 e. The summed E-state index contributed by atoms with van der Waals surface area (Å²) in [5.74, 6) is 2.13. The lowest BCUT2D eigenvalue weighted by atomic mass is 10.4. The molecule has 0 spiro atoms. The van der Waals surface area contributed by atoms with E-state index in [0.29, 0.717) is 11.8 Å². The van der Waals surface area contributed by atoms with Gasteiger partial charge in [-0.25, -0.2) is 4.98 Å². The number of hydrogen-bond donors (Lipinski definition) is 1. The highest BCUT2D eigenvalue weighted by Gasteiger charge is 2.27. The summed E-state index contributed by atoms with van der Waals surface area (Å²) in [5.41, 5.74) is 0.736. The second-order valence-electron chi connectivity index (χ2n) is 3.19. The Morgan fingerprint density at radius 3 is 3.08 bits per heavy atom. The minimum absolute atomic E-state index is 0.475. The van der Waals surface area contributed by atoms with Gasteiger partial charge < -0.3 is 9.40 Å². The maximum absolute atomic E-state index is 5.03. The summed E-state index contributed by atoms with van der Waals surface area (Å²) in [6, 6.07) is 0. The Bertz CT molecular complexity index is 401. The standard InChI is InChI=1S/C8H8N4O/c1-2-5(1)7-9-3-6(11-7)8-12-10-4-13-8/h3-5H,1-2H2,(H,9,11). The van der Waals surface area contributed by atoms with E-state index < -0.39 is 0 Å². The Balaban J connectivity index is 1.97. The van der Waals surface area contributed by atoms with Gasteiger partial charge in [0.1, 0.15) is 11.5 Å². The largest absolute Gasteiger partial charge is 0.422 e. The zero-order valence-electron chi connectivity index (χ0n) is 6.90. The lowest BCUT2D eigenvalue weighted by molar-refractivity contribution is 0.566. The van der Waals surface area contributed by atoms with Gasteiger partial charge in [-0.05, 0) is 12.8 Å². The van der Waals surface area contributed by atoms with Crippen LogP contribution >= 0.6 is 0 Å². The molecule has 0 radical (unpaired) electrons. The third-order valence-electron chi connectivity index (χ3n) is 2.14. The number of hydrogen-bond acceptors (Lipinski definition) is 4. The van der Waals surface area contributed by atoms with E-state index in [2.05, 4.69) is 20.2 Å². The fourth-order valence-corrected chi connectivity index (χ4v) is 1.30. The average molecular weight is 176 g/mol. The van der Waals surface area contributed by atoms with Crippen LogP contribution in [-0.4, -0.2) is 20.2 Å². The molecular formula is C8H8N4O. The predicted molar refractivity (Wildman–Crippen MR) is 43.9 cm³/mol. The molecule has 2 heterocycles. The van der Waals surface area contributed by atoms with Crippen LogP contribution in [0.25, 0.3) is 11.6 Å². The topological polar surface area (TPSA) is 67.6 Å². The normalized spacial score (nSPS) is 16.3. The molecule has 2 aromatic rings. The van der Waals surface area contributed by atoms with Crippen molar-refractivity contribution >= 4 is 0 Å². The molecule has 66 valence electrons. The van der Waals surface area contributed by atoms with E-state index in [4.69, 9.17) is 4.42 Å². The third kappa shape index (κ3) is 1.12. The summed E-state index contributed by atoms with van der Waals surface area (Å²) in [5, 5.41) is 7.38. The van der Waals surface area contributed by atoms with Gasteiger partial charge in [-0.2, -0.15) is 0 Å². The van der Waals surface area contributed by atoms with Gasteiger partial charge in [0.15, 0.2) is 0 Å². The molecule has 1 aliphatic carbocycles. The first-order chi connectivity index (χ1) is 6.43. The van der Waals surface area contributed by atoms with Gasteiger partial charge in [0.05, 0.1) is 0 Å². The number of H-pyrrole nitrogens is 1. The predicted octanol–water partition coefficient (Wildman–Crippen LogP) is 1.34. The summed E-state index contributed by atoms with van der Waals surface area (Å²) in [4.78, 5) is 7.48. The quantitative estimate of drug-likeness (QED) is 0.749. The molecule has 0 saturated heterocycles. The van der Waals surface area contributed by atoms with E-state index >= 15 is 0 Å². The highest BCUT2D eigenvalue weighted by Crippen LogP contribution is 2.38. The third-order valence-corrected chi connectivity index (χ3v) is 2.14. The van der Waals surface area contributed by atoms with E-state index in [1.165, 1.54) is 19.2 Å². The van der Waals surface area contributed by atoms with Gasteiger partial charge in [-0.3, -0.25) is 0 Å². The lowest BCUT2D eigenvalue weighted by Crippen LogP contribution is -1.82. The smallest absolute Gasteiger partial charge is 0.267 e. The average Bonchev–Trinajstić information content (AvgIpc) is 2.72. The monoisotopic (exact) mass is 176 g/mol. The summed E-state index contributed by atoms with van der Waals surface area (Å²) >= 11 is 0. The van der Waals surface area contributed by atoms with Gasteiger partial charge in [0.2, 0.25) is 6.39 Å². The molecule has 5 heteroatoms. The van der Waals surface area contributed by atoms with E-state index in [0.717, 1.165) is 11.5 Å². The van der Waals surface area contributed by atoms with Crippen molar-refractivity contribution in [3.05, 3.63) is 18.4 Å². The molecule has 1 fully saturated rings. The molecule has 0 aromatic carbocycles. The van der Waals surface area contributed by atoms with Crippen molar-refractivity contribution < 1.29 is 4.42 Å². The van der Waals surface area contributed by atoms with E-state index in [1.807, 2.05) is 0 Å². The summed E-state index contributed by atoms with van der Waals surface area (Å²) in [6.45, 7) is 0. The van der Waals surface area contributed by atoms with Crippen LogP contribution in [0.2, 0.25) is 0 Å². The molecule has 3 rings (SSSR count). The van der Waals surface area contributed by atoms with E-state index in [1.54, 1.807) is 6.20 Å². The molecule has 0 aliphatic heterocycles. The maximum Gasteiger partial charge on any atom is 0.267 e. The molecule has 0 bridgehead atoms. The molecular weight excluding hydrogens is 168 g/mol. The molecule has 13 heavy (non-hydrogen) atoms. The Kier molecular flexibility index (Phi) is 1.27. The first kappa shape index (κ1) is 6.82. The fourth-order valence-electron chi connectivity index (χ4n) is 1.30. The van der Waals surface area contributed by atoms with E-state index in [9.17, 15) is 0 Å². The Morgan fingerprint density at radius 1 is 1.46 bits per heavy atom.